The summed E-state index contributed by atoms with van der Waals surface area (Å²) < 4.78 is 5.18. The first-order valence-electron chi connectivity index (χ1n) is 11.5. The quantitative estimate of drug-likeness (QED) is 0.469. The smallest absolute Gasteiger partial charge is 0.254 e. The zero-order valence-corrected chi connectivity index (χ0v) is 19.2. The van der Waals surface area contributed by atoms with Gasteiger partial charge in [-0.3, -0.25) is 9.69 Å². The summed E-state index contributed by atoms with van der Waals surface area (Å²) in [7, 11) is 3.75. The number of benzene rings is 2. The van der Waals surface area contributed by atoms with E-state index in [0.717, 1.165) is 52.8 Å². The van der Waals surface area contributed by atoms with Gasteiger partial charge in [-0.25, -0.2) is 15.0 Å². The molecule has 2 fully saturated rings. The number of ether oxygens (including phenoxy) is 1. The van der Waals surface area contributed by atoms with Gasteiger partial charge in [-0.1, -0.05) is 18.2 Å². The van der Waals surface area contributed by atoms with Gasteiger partial charge in [0.2, 0.25) is 5.88 Å². The number of likely N-dealkylation sites (N-methyl/N-ethyl adjacent to an activating group) is 1. The van der Waals surface area contributed by atoms with Crippen LogP contribution in [0.4, 0.5) is 0 Å². The molecule has 7 heteroatoms. The zero-order chi connectivity index (χ0) is 23.2. The van der Waals surface area contributed by atoms with E-state index in [-0.39, 0.29) is 5.91 Å². The third-order valence-corrected chi connectivity index (χ3v) is 7.07. The minimum atomic E-state index is 0.103. The molecule has 0 radical (unpaired) electrons. The Bertz CT molecular complexity index is 1390. The normalized spacial score (nSPS) is 19.6. The van der Waals surface area contributed by atoms with Crippen molar-refractivity contribution < 1.29 is 9.53 Å². The lowest BCUT2D eigenvalue weighted by Gasteiger charge is -2.32. The Kier molecular flexibility index (Phi) is 4.99. The first-order chi connectivity index (χ1) is 16.6. The summed E-state index contributed by atoms with van der Waals surface area (Å²) in [6, 6.07) is 18.5. The van der Waals surface area contributed by atoms with Gasteiger partial charge in [0.05, 0.1) is 18.3 Å². The number of piperazine rings is 1. The van der Waals surface area contributed by atoms with E-state index in [2.05, 4.69) is 33.0 Å². The van der Waals surface area contributed by atoms with Gasteiger partial charge >= 0.3 is 0 Å². The van der Waals surface area contributed by atoms with Crippen molar-refractivity contribution in [3.8, 4) is 28.3 Å². The van der Waals surface area contributed by atoms with E-state index in [0.29, 0.717) is 23.5 Å². The fourth-order valence-corrected chi connectivity index (χ4v) is 5.22. The summed E-state index contributed by atoms with van der Waals surface area (Å²) in [5.74, 6) is 0.679. The second-order valence-electron chi connectivity index (χ2n) is 9.06. The van der Waals surface area contributed by atoms with Crippen molar-refractivity contribution in [2.24, 2.45) is 0 Å². The number of nitrogens with zero attached hydrogens (tertiary/aromatic N) is 5. The Morgan fingerprint density at radius 1 is 0.941 bits per heavy atom. The number of carbonyl (C=O) groups is 1. The highest BCUT2D eigenvalue weighted by Gasteiger charge is 2.43. The molecule has 2 aromatic heterocycles. The van der Waals surface area contributed by atoms with Gasteiger partial charge in [-0.2, -0.15) is 0 Å². The van der Waals surface area contributed by atoms with Gasteiger partial charge in [0.1, 0.15) is 6.33 Å². The summed E-state index contributed by atoms with van der Waals surface area (Å²) in [6.07, 6.45) is 4.45. The number of fused-ring (bicyclic) bond motifs is 3. The van der Waals surface area contributed by atoms with Gasteiger partial charge in [0, 0.05) is 59.5 Å². The number of carbonyl (C=O) groups excluding carboxylic acids is 1. The van der Waals surface area contributed by atoms with Crippen molar-refractivity contribution in [3.63, 3.8) is 0 Å². The number of hydrogen-bond donors (Lipinski definition) is 0. The maximum absolute atomic E-state index is 13.3. The van der Waals surface area contributed by atoms with Crippen LogP contribution in [0.3, 0.4) is 0 Å². The maximum Gasteiger partial charge on any atom is 0.254 e. The number of rotatable bonds is 4. The Morgan fingerprint density at radius 3 is 2.56 bits per heavy atom. The van der Waals surface area contributed by atoms with Gasteiger partial charge in [0.25, 0.3) is 5.91 Å². The second kappa shape index (κ2) is 8.18. The standard InChI is InChI=1S/C27H25N5O2/c1-31-14-22-12-21(31)15-32(22)27(33)19-5-3-4-18(10-19)26-23-11-17(6-8-24(23)29-16-30-26)20-7-9-25(34-2)28-13-20/h3-11,13,16,21-22H,12,14-15H2,1-2H3. The fraction of sp³-hybridized carbons (Fsp3) is 0.259. The molecule has 0 N–H and O–H groups in total. The van der Waals surface area contributed by atoms with Crippen LogP contribution in [0.5, 0.6) is 5.88 Å². The van der Waals surface area contributed by atoms with Crippen LogP contribution in [-0.4, -0.2) is 70.0 Å². The molecule has 4 aromatic rings. The van der Waals surface area contributed by atoms with Gasteiger partial charge < -0.3 is 9.64 Å². The van der Waals surface area contributed by atoms with Crippen LogP contribution in [0, 0.1) is 0 Å². The van der Waals surface area contributed by atoms with Crippen molar-refractivity contribution in [2.75, 3.05) is 27.2 Å². The van der Waals surface area contributed by atoms with Crippen molar-refractivity contribution in [1.29, 1.82) is 0 Å². The first-order valence-corrected chi connectivity index (χ1v) is 11.5. The molecule has 2 atom stereocenters. The highest BCUT2D eigenvalue weighted by Crippen LogP contribution is 2.33. The van der Waals surface area contributed by atoms with E-state index < -0.39 is 0 Å². The van der Waals surface area contributed by atoms with Crippen molar-refractivity contribution in [1.82, 2.24) is 24.8 Å². The average molecular weight is 452 g/mol. The summed E-state index contributed by atoms with van der Waals surface area (Å²) in [5.41, 5.74) is 5.27. The van der Waals surface area contributed by atoms with E-state index in [1.165, 1.54) is 0 Å². The lowest BCUT2D eigenvalue weighted by Crippen LogP contribution is -2.47. The van der Waals surface area contributed by atoms with Crippen molar-refractivity contribution in [2.45, 2.75) is 18.5 Å². The van der Waals surface area contributed by atoms with Crippen LogP contribution in [0.15, 0.2) is 67.1 Å². The molecule has 2 aromatic carbocycles. The Morgan fingerprint density at radius 2 is 1.82 bits per heavy atom. The topological polar surface area (TPSA) is 71.5 Å². The average Bonchev–Trinajstić information content (AvgIpc) is 3.47. The molecule has 1 amide bonds. The van der Waals surface area contributed by atoms with Crippen LogP contribution in [0.2, 0.25) is 0 Å². The van der Waals surface area contributed by atoms with Crippen molar-refractivity contribution in [3.05, 3.63) is 72.7 Å². The molecule has 2 bridgehead atoms. The molecule has 170 valence electrons. The number of amides is 1. The van der Waals surface area contributed by atoms with E-state index in [1.807, 2.05) is 53.4 Å². The highest BCUT2D eigenvalue weighted by atomic mass is 16.5. The zero-order valence-electron chi connectivity index (χ0n) is 19.2. The molecule has 4 heterocycles. The molecule has 6 rings (SSSR count). The molecule has 0 spiro atoms. The lowest BCUT2D eigenvalue weighted by molar-refractivity contribution is 0.0650. The van der Waals surface area contributed by atoms with Crippen LogP contribution in [-0.2, 0) is 0 Å². The number of aromatic nitrogens is 3. The minimum Gasteiger partial charge on any atom is -0.481 e. The molecule has 34 heavy (non-hydrogen) atoms. The monoisotopic (exact) mass is 451 g/mol. The SMILES string of the molecule is COc1ccc(-c2ccc3ncnc(-c4cccc(C(=O)N5CC6CC5CN6C)c4)c3c2)cn1. The summed E-state index contributed by atoms with van der Waals surface area (Å²) in [6.45, 7) is 1.76. The fourth-order valence-electron chi connectivity index (χ4n) is 5.22. The Hall–Kier alpha value is -3.84. The molecule has 2 unspecified atom stereocenters. The van der Waals surface area contributed by atoms with Gasteiger partial charge in [-0.05, 0) is 49.4 Å². The second-order valence-corrected chi connectivity index (χ2v) is 9.06. The molecule has 0 saturated carbocycles. The molecule has 0 aliphatic carbocycles. The number of likely N-dealkylation sites (tertiary alicyclic amines) is 2. The summed E-state index contributed by atoms with van der Waals surface area (Å²) in [4.78, 5) is 31.1. The van der Waals surface area contributed by atoms with E-state index in [1.54, 1.807) is 19.6 Å². The van der Waals surface area contributed by atoms with Crippen LogP contribution < -0.4 is 4.74 Å². The van der Waals surface area contributed by atoms with Crippen LogP contribution in [0.1, 0.15) is 16.8 Å². The molecular formula is C27H25N5O2. The number of pyridine rings is 1. The van der Waals surface area contributed by atoms with Crippen LogP contribution >= 0.6 is 0 Å². The minimum absolute atomic E-state index is 0.103. The van der Waals surface area contributed by atoms with E-state index >= 15 is 0 Å². The summed E-state index contributed by atoms with van der Waals surface area (Å²) in [5, 5.41) is 0.933. The predicted molar refractivity (Wildman–Crippen MR) is 131 cm³/mol. The molecular weight excluding hydrogens is 426 g/mol. The number of hydrogen-bond acceptors (Lipinski definition) is 6. The third kappa shape index (κ3) is 3.49. The van der Waals surface area contributed by atoms with Crippen LogP contribution in [0.25, 0.3) is 33.3 Å². The Labute approximate surface area is 198 Å². The van der Waals surface area contributed by atoms with E-state index in [4.69, 9.17) is 4.74 Å². The third-order valence-electron chi connectivity index (χ3n) is 7.07. The largest absolute Gasteiger partial charge is 0.481 e. The predicted octanol–water partition coefficient (Wildman–Crippen LogP) is 3.90. The van der Waals surface area contributed by atoms with Gasteiger partial charge in [0.15, 0.2) is 0 Å². The van der Waals surface area contributed by atoms with Gasteiger partial charge in [-0.15, -0.1) is 0 Å². The molecule has 2 saturated heterocycles. The summed E-state index contributed by atoms with van der Waals surface area (Å²) >= 11 is 0. The lowest BCUT2D eigenvalue weighted by atomic mass is 10.00. The maximum atomic E-state index is 13.3. The van der Waals surface area contributed by atoms with Crippen molar-refractivity contribution >= 4 is 16.8 Å². The number of methoxy groups -OCH3 is 1. The molecule has 7 nitrogen and oxygen atoms in total. The Balaban J connectivity index is 1.36. The highest BCUT2D eigenvalue weighted by molar-refractivity contribution is 5.99. The molecule has 2 aliphatic rings. The first kappa shape index (κ1) is 20.7. The van der Waals surface area contributed by atoms with E-state index in [9.17, 15) is 4.79 Å². The molecule has 2 aliphatic heterocycles.